The number of rotatable bonds is 4. The van der Waals surface area contributed by atoms with Gasteiger partial charge in [0.25, 0.3) is 9.03 Å². The van der Waals surface area contributed by atoms with Gasteiger partial charge in [-0.05, 0) is 74.2 Å². The molecule has 0 radical (unpaired) electrons. The van der Waals surface area contributed by atoms with E-state index in [0.717, 1.165) is 11.5 Å². The van der Waals surface area contributed by atoms with Crippen LogP contribution in [0.1, 0.15) is 22.3 Å². The van der Waals surface area contributed by atoms with Crippen LogP contribution in [0.15, 0.2) is 36.4 Å². The van der Waals surface area contributed by atoms with Crippen molar-refractivity contribution in [1.82, 2.24) is 0 Å². The van der Waals surface area contributed by atoms with Crippen molar-refractivity contribution in [1.29, 1.82) is 0 Å². The lowest BCUT2D eigenvalue weighted by Gasteiger charge is -2.09. The second kappa shape index (κ2) is 6.08. The molecule has 2 rings (SSSR count). The van der Waals surface area contributed by atoms with Crippen LogP contribution in [-0.4, -0.2) is 0 Å². The van der Waals surface area contributed by atoms with Crippen LogP contribution in [0.5, 0.6) is 11.5 Å². The molecular formula is C16H19O2P. The van der Waals surface area contributed by atoms with E-state index in [1.165, 1.54) is 22.3 Å². The zero-order chi connectivity index (χ0) is 13.8. The maximum absolute atomic E-state index is 5.66. The summed E-state index contributed by atoms with van der Waals surface area (Å²) < 4.78 is 11.3. The molecule has 0 fully saturated rings. The fourth-order valence-electron chi connectivity index (χ4n) is 2.10. The Morgan fingerprint density at radius 3 is 1.21 bits per heavy atom. The highest BCUT2D eigenvalue weighted by molar-refractivity contribution is 7.27. The van der Waals surface area contributed by atoms with Crippen LogP contribution in [0, 0.1) is 27.7 Å². The summed E-state index contributed by atoms with van der Waals surface area (Å²) in [5, 5.41) is 0. The van der Waals surface area contributed by atoms with Gasteiger partial charge in [0.2, 0.25) is 0 Å². The topological polar surface area (TPSA) is 18.5 Å². The van der Waals surface area contributed by atoms with Crippen LogP contribution in [0.3, 0.4) is 0 Å². The minimum Gasteiger partial charge on any atom is -0.441 e. The maximum Gasteiger partial charge on any atom is 0.275 e. The molecule has 0 amide bonds. The molecule has 2 nitrogen and oxygen atoms in total. The van der Waals surface area contributed by atoms with E-state index in [1.54, 1.807) is 0 Å². The number of hydrogen-bond donors (Lipinski definition) is 0. The highest BCUT2D eigenvalue weighted by Gasteiger charge is 2.00. The molecule has 0 spiro atoms. The van der Waals surface area contributed by atoms with Gasteiger partial charge in [0.15, 0.2) is 0 Å². The Labute approximate surface area is 116 Å². The first-order chi connectivity index (χ1) is 9.02. The van der Waals surface area contributed by atoms with Crippen LogP contribution in [-0.2, 0) is 0 Å². The summed E-state index contributed by atoms with van der Waals surface area (Å²) in [5.41, 5.74) is 4.80. The van der Waals surface area contributed by atoms with Gasteiger partial charge in [-0.25, -0.2) is 0 Å². The first-order valence-corrected chi connectivity index (χ1v) is 7.10. The molecular weight excluding hydrogens is 255 g/mol. The molecule has 0 unspecified atom stereocenters. The Balaban J connectivity index is 1.96. The first-order valence-electron chi connectivity index (χ1n) is 6.28. The van der Waals surface area contributed by atoms with Gasteiger partial charge in [0.05, 0.1) is 0 Å². The third-order valence-corrected chi connectivity index (χ3v) is 3.35. The molecule has 0 atom stereocenters. The molecule has 0 aliphatic heterocycles. The first kappa shape index (κ1) is 13.9. The Kier molecular flexibility index (Phi) is 4.44. The molecule has 0 aromatic heterocycles. The summed E-state index contributed by atoms with van der Waals surface area (Å²) in [6, 6.07) is 12.3. The number of aryl methyl sites for hydroxylation is 4. The Morgan fingerprint density at radius 1 is 0.579 bits per heavy atom. The molecule has 2 aromatic carbocycles. The van der Waals surface area contributed by atoms with Crippen molar-refractivity contribution >= 4 is 9.03 Å². The second-order valence-electron chi connectivity index (χ2n) is 4.93. The molecule has 100 valence electrons. The van der Waals surface area contributed by atoms with E-state index in [1.807, 2.05) is 24.3 Å². The average molecular weight is 274 g/mol. The van der Waals surface area contributed by atoms with Crippen molar-refractivity contribution in [3.63, 3.8) is 0 Å². The van der Waals surface area contributed by atoms with E-state index in [0.29, 0.717) is 0 Å². The van der Waals surface area contributed by atoms with Gasteiger partial charge in [-0.3, -0.25) is 0 Å². The van der Waals surface area contributed by atoms with E-state index < -0.39 is 0 Å². The van der Waals surface area contributed by atoms with Crippen molar-refractivity contribution in [3.8, 4) is 11.5 Å². The zero-order valence-electron chi connectivity index (χ0n) is 11.8. The van der Waals surface area contributed by atoms with Gasteiger partial charge < -0.3 is 9.05 Å². The summed E-state index contributed by atoms with van der Waals surface area (Å²) in [5.74, 6) is 1.72. The van der Waals surface area contributed by atoms with Crippen LogP contribution in [0.25, 0.3) is 0 Å². The minimum atomic E-state index is -0.0275. The van der Waals surface area contributed by atoms with Crippen LogP contribution in [0.2, 0.25) is 0 Å². The zero-order valence-corrected chi connectivity index (χ0v) is 12.8. The van der Waals surface area contributed by atoms with Crippen molar-refractivity contribution in [2.45, 2.75) is 27.7 Å². The predicted octanol–water partition coefficient (Wildman–Crippen LogP) is 4.89. The fraction of sp³-hybridized carbons (Fsp3) is 0.250. The molecule has 0 heterocycles. The molecule has 0 saturated heterocycles. The predicted molar refractivity (Wildman–Crippen MR) is 81.4 cm³/mol. The molecule has 0 saturated carbocycles. The SMILES string of the molecule is Cc1cc(C)cc(OPOc2cc(C)cc(C)c2)c1. The van der Waals surface area contributed by atoms with Gasteiger partial charge in [-0.1, -0.05) is 12.1 Å². The highest BCUT2D eigenvalue weighted by atomic mass is 31.1. The third kappa shape index (κ3) is 4.25. The molecule has 3 heteroatoms. The van der Waals surface area contributed by atoms with E-state index in [9.17, 15) is 0 Å². The van der Waals surface area contributed by atoms with Crippen molar-refractivity contribution < 1.29 is 9.05 Å². The molecule has 19 heavy (non-hydrogen) atoms. The lowest BCUT2D eigenvalue weighted by molar-refractivity contribution is 0.515. The lowest BCUT2D eigenvalue weighted by Crippen LogP contribution is -1.88. The van der Waals surface area contributed by atoms with Crippen molar-refractivity contribution in [2.75, 3.05) is 0 Å². The Hall–Kier alpha value is -1.53. The van der Waals surface area contributed by atoms with Crippen molar-refractivity contribution in [3.05, 3.63) is 58.7 Å². The summed E-state index contributed by atoms with van der Waals surface area (Å²) in [7, 11) is -0.0275. The molecule has 0 aliphatic rings. The largest absolute Gasteiger partial charge is 0.441 e. The Morgan fingerprint density at radius 2 is 0.895 bits per heavy atom. The van der Waals surface area contributed by atoms with Gasteiger partial charge in [-0.2, -0.15) is 0 Å². The Bertz CT molecular complexity index is 487. The summed E-state index contributed by atoms with van der Waals surface area (Å²) in [6.45, 7) is 8.25. The van der Waals surface area contributed by atoms with E-state index in [4.69, 9.17) is 9.05 Å². The molecule has 0 N–H and O–H groups in total. The van der Waals surface area contributed by atoms with E-state index >= 15 is 0 Å². The normalized spacial score (nSPS) is 10.3. The number of hydrogen-bond acceptors (Lipinski definition) is 2. The molecule has 0 aliphatic carbocycles. The van der Waals surface area contributed by atoms with Gasteiger partial charge >= 0.3 is 0 Å². The smallest absolute Gasteiger partial charge is 0.275 e. The van der Waals surface area contributed by atoms with Gasteiger partial charge in [0.1, 0.15) is 11.5 Å². The maximum atomic E-state index is 5.66. The highest BCUT2D eigenvalue weighted by Crippen LogP contribution is 2.27. The summed E-state index contributed by atoms with van der Waals surface area (Å²) >= 11 is 0. The third-order valence-electron chi connectivity index (χ3n) is 2.71. The van der Waals surface area contributed by atoms with Crippen molar-refractivity contribution in [2.24, 2.45) is 0 Å². The fourth-order valence-corrected chi connectivity index (χ4v) is 2.57. The van der Waals surface area contributed by atoms with E-state index in [2.05, 4.69) is 39.8 Å². The summed E-state index contributed by atoms with van der Waals surface area (Å²) in [4.78, 5) is 0. The standard InChI is InChI=1S/C16H19O2P/c1-11-5-12(2)8-15(7-11)17-19-18-16-9-13(3)6-14(4)10-16/h5-10,19H,1-4H3. The van der Waals surface area contributed by atoms with Crippen LogP contribution < -0.4 is 9.05 Å². The van der Waals surface area contributed by atoms with Crippen LogP contribution in [0.4, 0.5) is 0 Å². The average Bonchev–Trinajstić information content (AvgIpc) is 2.26. The lowest BCUT2D eigenvalue weighted by atomic mass is 10.1. The van der Waals surface area contributed by atoms with E-state index in [-0.39, 0.29) is 9.03 Å². The monoisotopic (exact) mass is 274 g/mol. The van der Waals surface area contributed by atoms with Crippen LogP contribution >= 0.6 is 9.03 Å². The van der Waals surface area contributed by atoms with Gasteiger partial charge in [0, 0.05) is 0 Å². The second-order valence-corrected chi connectivity index (χ2v) is 5.51. The minimum absolute atomic E-state index is 0.0275. The quantitative estimate of drug-likeness (QED) is 0.739. The molecule has 0 bridgehead atoms. The summed E-state index contributed by atoms with van der Waals surface area (Å²) in [6.07, 6.45) is 0. The molecule has 2 aromatic rings. The number of benzene rings is 2. The van der Waals surface area contributed by atoms with Gasteiger partial charge in [-0.15, -0.1) is 0 Å².